The summed E-state index contributed by atoms with van der Waals surface area (Å²) in [6.45, 7) is 3.69. The van der Waals surface area contributed by atoms with E-state index in [1.54, 1.807) is 7.05 Å². The smallest absolute Gasteiger partial charge is 0.225 e. The number of likely N-dealkylation sites (tertiary alicyclic amines) is 1. The van der Waals surface area contributed by atoms with Gasteiger partial charge in [0.15, 0.2) is 5.96 Å². The molecule has 1 amide bonds. The third kappa shape index (κ3) is 6.45. The number of nitrogens with one attached hydrogen (secondary N) is 3. The second-order valence-corrected chi connectivity index (χ2v) is 8.48. The SMILES string of the molecule is CN=C(NCC1CC(=O)Nc2ccccc21)NCC1CCCCN1Cc1ccccc1.I. The molecule has 0 aromatic heterocycles. The van der Waals surface area contributed by atoms with Crippen LogP contribution in [-0.2, 0) is 11.3 Å². The van der Waals surface area contributed by atoms with Crippen LogP contribution < -0.4 is 16.0 Å². The van der Waals surface area contributed by atoms with E-state index in [1.165, 1.54) is 30.4 Å². The number of hydrogen-bond acceptors (Lipinski definition) is 3. The largest absolute Gasteiger partial charge is 0.356 e. The summed E-state index contributed by atoms with van der Waals surface area (Å²) in [4.78, 5) is 19.1. The number of halogens is 1. The zero-order valence-corrected chi connectivity index (χ0v) is 21.0. The summed E-state index contributed by atoms with van der Waals surface area (Å²) in [5.74, 6) is 1.02. The topological polar surface area (TPSA) is 68.8 Å². The molecular weight excluding hydrogens is 513 g/mol. The molecule has 2 unspecified atom stereocenters. The fraction of sp³-hybridized carbons (Fsp3) is 0.440. The van der Waals surface area contributed by atoms with Crippen LogP contribution in [0.25, 0.3) is 0 Å². The minimum atomic E-state index is 0. The van der Waals surface area contributed by atoms with Crippen molar-refractivity contribution in [3.8, 4) is 0 Å². The van der Waals surface area contributed by atoms with Crippen molar-refractivity contribution >= 4 is 41.5 Å². The number of para-hydroxylation sites is 1. The molecule has 2 atom stereocenters. The number of rotatable bonds is 6. The Morgan fingerprint density at radius 3 is 2.62 bits per heavy atom. The van der Waals surface area contributed by atoms with E-state index in [0.29, 0.717) is 19.0 Å². The van der Waals surface area contributed by atoms with Gasteiger partial charge in [-0.15, -0.1) is 24.0 Å². The highest BCUT2D eigenvalue weighted by Gasteiger charge is 2.25. The number of carbonyl (C=O) groups is 1. The van der Waals surface area contributed by atoms with Gasteiger partial charge in [-0.25, -0.2) is 0 Å². The quantitative estimate of drug-likeness (QED) is 0.291. The number of carbonyl (C=O) groups excluding carboxylic acids is 1. The predicted molar refractivity (Wildman–Crippen MR) is 142 cm³/mol. The van der Waals surface area contributed by atoms with Gasteiger partial charge in [0, 0.05) is 50.7 Å². The van der Waals surface area contributed by atoms with Gasteiger partial charge in [-0.05, 0) is 36.6 Å². The van der Waals surface area contributed by atoms with Crippen molar-refractivity contribution < 1.29 is 4.79 Å². The molecule has 0 spiro atoms. The molecule has 3 N–H and O–H groups in total. The predicted octanol–water partition coefficient (Wildman–Crippen LogP) is 3.95. The molecule has 4 rings (SSSR count). The van der Waals surface area contributed by atoms with Gasteiger partial charge in [0.1, 0.15) is 0 Å². The highest BCUT2D eigenvalue weighted by Crippen LogP contribution is 2.31. The number of piperidine rings is 1. The monoisotopic (exact) mass is 547 g/mol. The summed E-state index contributed by atoms with van der Waals surface area (Å²) in [5.41, 5.74) is 3.48. The normalized spacial score (nSPS) is 21.2. The molecule has 2 aromatic rings. The van der Waals surface area contributed by atoms with Crippen LogP contribution in [0.4, 0.5) is 5.69 Å². The Balaban J connectivity index is 0.00000289. The van der Waals surface area contributed by atoms with Gasteiger partial charge in [0.2, 0.25) is 5.91 Å². The minimum Gasteiger partial charge on any atom is -0.356 e. The summed E-state index contributed by atoms with van der Waals surface area (Å²) >= 11 is 0. The third-order valence-corrected chi connectivity index (χ3v) is 6.33. The maximum atomic E-state index is 12.1. The highest BCUT2D eigenvalue weighted by molar-refractivity contribution is 14.0. The van der Waals surface area contributed by atoms with Crippen molar-refractivity contribution in [3.63, 3.8) is 0 Å². The first-order chi connectivity index (χ1) is 15.2. The van der Waals surface area contributed by atoms with E-state index in [2.05, 4.69) is 62.2 Å². The first kappa shape index (κ1) is 24.5. The lowest BCUT2D eigenvalue weighted by molar-refractivity contribution is -0.116. The summed E-state index contributed by atoms with van der Waals surface area (Å²) in [5, 5.41) is 9.94. The number of nitrogens with zero attached hydrogens (tertiary/aromatic N) is 2. The lowest BCUT2D eigenvalue weighted by Gasteiger charge is -2.36. The van der Waals surface area contributed by atoms with Gasteiger partial charge in [-0.1, -0.05) is 55.0 Å². The van der Waals surface area contributed by atoms with Crippen molar-refractivity contribution in [2.75, 3.05) is 32.0 Å². The first-order valence-electron chi connectivity index (χ1n) is 11.3. The number of fused-ring (bicyclic) bond motifs is 1. The van der Waals surface area contributed by atoms with Crippen molar-refractivity contribution in [2.45, 2.75) is 44.2 Å². The zero-order chi connectivity index (χ0) is 21.5. The molecule has 0 saturated carbocycles. The van der Waals surface area contributed by atoms with Crippen LogP contribution in [0.15, 0.2) is 59.6 Å². The van der Waals surface area contributed by atoms with Gasteiger partial charge >= 0.3 is 0 Å². The maximum absolute atomic E-state index is 12.1. The number of benzene rings is 2. The highest BCUT2D eigenvalue weighted by atomic mass is 127. The maximum Gasteiger partial charge on any atom is 0.225 e. The molecule has 1 fully saturated rings. The molecule has 172 valence electrons. The van der Waals surface area contributed by atoms with Crippen LogP contribution in [-0.4, -0.2) is 49.5 Å². The van der Waals surface area contributed by atoms with Gasteiger partial charge in [-0.2, -0.15) is 0 Å². The molecular formula is C25H34IN5O. The standard InChI is InChI=1S/C25H33N5O.HI/c1-26-25(27-16-20-15-24(31)29-23-13-6-5-12-22(20)23)28-17-21-11-7-8-14-30(21)18-19-9-3-2-4-10-19;/h2-6,9-10,12-13,20-21H,7-8,11,14-18H2,1H3,(H,29,31)(H2,26,27,28);1H. The Kier molecular flexibility index (Phi) is 9.35. The van der Waals surface area contributed by atoms with E-state index >= 15 is 0 Å². The van der Waals surface area contributed by atoms with E-state index in [-0.39, 0.29) is 35.8 Å². The van der Waals surface area contributed by atoms with Crippen LogP contribution >= 0.6 is 24.0 Å². The molecule has 7 heteroatoms. The molecule has 32 heavy (non-hydrogen) atoms. The number of aliphatic imine (C=N–C) groups is 1. The van der Waals surface area contributed by atoms with Gasteiger partial charge < -0.3 is 16.0 Å². The van der Waals surface area contributed by atoms with Crippen LogP contribution in [0.1, 0.15) is 42.7 Å². The summed E-state index contributed by atoms with van der Waals surface area (Å²) in [7, 11) is 1.81. The van der Waals surface area contributed by atoms with Crippen molar-refractivity contribution in [1.29, 1.82) is 0 Å². The Hall–Kier alpha value is -2.13. The van der Waals surface area contributed by atoms with Crippen LogP contribution in [0.3, 0.4) is 0 Å². The average molecular weight is 547 g/mol. The Morgan fingerprint density at radius 2 is 1.81 bits per heavy atom. The summed E-state index contributed by atoms with van der Waals surface area (Å²) in [6, 6.07) is 19.3. The average Bonchev–Trinajstić information content (AvgIpc) is 2.80. The molecule has 0 radical (unpaired) electrons. The van der Waals surface area contributed by atoms with E-state index in [9.17, 15) is 4.79 Å². The third-order valence-electron chi connectivity index (χ3n) is 6.33. The molecule has 1 saturated heterocycles. The fourth-order valence-electron chi connectivity index (χ4n) is 4.66. The van der Waals surface area contributed by atoms with E-state index in [0.717, 1.165) is 31.3 Å². The van der Waals surface area contributed by atoms with Crippen molar-refractivity contribution in [1.82, 2.24) is 15.5 Å². The summed E-state index contributed by atoms with van der Waals surface area (Å²) in [6.07, 6.45) is 4.23. The molecule has 6 nitrogen and oxygen atoms in total. The van der Waals surface area contributed by atoms with Gasteiger partial charge in [0.05, 0.1) is 0 Å². The molecule has 0 bridgehead atoms. The number of guanidine groups is 1. The van der Waals surface area contributed by atoms with Crippen LogP contribution in [0, 0.1) is 0 Å². The zero-order valence-electron chi connectivity index (χ0n) is 18.7. The van der Waals surface area contributed by atoms with E-state index in [4.69, 9.17) is 0 Å². The minimum absolute atomic E-state index is 0. The van der Waals surface area contributed by atoms with Crippen molar-refractivity contribution in [3.05, 3.63) is 65.7 Å². The number of anilines is 1. The number of amides is 1. The number of hydrogen-bond donors (Lipinski definition) is 3. The Labute approximate surface area is 208 Å². The summed E-state index contributed by atoms with van der Waals surface area (Å²) < 4.78 is 0. The molecule has 0 aliphatic carbocycles. The van der Waals surface area contributed by atoms with E-state index in [1.807, 2.05) is 18.2 Å². The van der Waals surface area contributed by atoms with Gasteiger partial charge in [-0.3, -0.25) is 14.7 Å². The molecule has 2 aromatic carbocycles. The second-order valence-electron chi connectivity index (χ2n) is 8.48. The van der Waals surface area contributed by atoms with E-state index < -0.39 is 0 Å². The fourth-order valence-corrected chi connectivity index (χ4v) is 4.66. The lowest BCUT2D eigenvalue weighted by atomic mass is 9.90. The van der Waals surface area contributed by atoms with Crippen LogP contribution in [0.5, 0.6) is 0 Å². The molecule has 2 aliphatic heterocycles. The first-order valence-corrected chi connectivity index (χ1v) is 11.3. The Morgan fingerprint density at radius 1 is 1.06 bits per heavy atom. The van der Waals surface area contributed by atoms with Crippen LogP contribution in [0.2, 0.25) is 0 Å². The molecule has 2 aliphatic rings. The van der Waals surface area contributed by atoms with Crippen molar-refractivity contribution in [2.24, 2.45) is 4.99 Å². The lowest BCUT2D eigenvalue weighted by Crippen LogP contribution is -2.49. The van der Waals surface area contributed by atoms with Gasteiger partial charge in [0.25, 0.3) is 0 Å². The second kappa shape index (κ2) is 12.2. The Bertz CT molecular complexity index is 904. The molecule has 2 heterocycles.